The van der Waals surface area contributed by atoms with Crippen LogP contribution in [0, 0.1) is 0 Å². The second-order valence-corrected chi connectivity index (χ2v) is 7.44. The number of rotatable bonds is 3. The third-order valence-electron chi connectivity index (χ3n) is 3.00. The Morgan fingerprint density at radius 1 is 1.00 bits per heavy atom. The van der Waals surface area contributed by atoms with Crippen LogP contribution in [0.1, 0.15) is 59.9 Å². The molecule has 1 fully saturated rings. The highest BCUT2D eigenvalue weighted by molar-refractivity contribution is 5.44. The van der Waals surface area contributed by atoms with Gasteiger partial charge in [0.15, 0.2) is 0 Å². The Balaban J connectivity index is 2.29. The number of benzene rings is 1. The summed E-state index contributed by atoms with van der Waals surface area (Å²) >= 11 is 0. The predicted molar refractivity (Wildman–Crippen MR) is 79.2 cm³/mol. The van der Waals surface area contributed by atoms with Gasteiger partial charge in [0.25, 0.3) is 0 Å². The van der Waals surface area contributed by atoms with Crippen molar-refractivity contribution < 1.29 is 9.47 Å². The zero-order chi connectivity index (χ0) is 14.3. The lowest BCUT2D eigenvalue weighted by Gasteiger charge is -2.26. The third-order valence-corrected chi connectivity index (χ3v) is 3.00. The molecule has 0 radical (unpaired) electrons. The monoisotopic (exact) mass is 262 g/mol. The molecule has 106 valence electrons. The molecule has 19 heavy (non-hydrogen) atoms. The summed E-state index contributed by atoms with van der Waals surface area (Å²) in [4.78, 5) is 0. The molecule has 1 aliphatic carbocycles. The molecule has 1 aliphatic rings. The maximum absolute atomic E-state index is 6.06. The van der Waals surface area contributed by atoms with Gasteiger partial charge < -0.3 is 9.47 Å². The van der Waals surface area contributed by atoms with Crippen LogP contribution < -0.4 is 9.47 Å². The average molecular weight is 262 g/mol. The van der Waals surface area contributed by atoms with E-state index in [0.717, 1.165) is 11.5 Å². The Morgan fingerprint density at radius 3 is 2.11 bits per heavy atom. The average Bonchev–Trinajstić information content (AvgIpc) is 2.97. The minimum absolute atomic E-state index is 0.0878. The molecule has 0 unspecified atom stereocenters. The van der Waals surface area contributed by atoms with Gasteiger partial charge in [-0.05, 0) is 50.7 Å². The van der Waals surface area contributed by atoms with E-state index in [1.807, 2.05) is 12.1 Å². The largest absolute Gasteiger partial charge is 0.490 e. The van der Waals surface area contributed by atoms with Crippen molar-refractivity contribution in [1.29, 1.82) is 0 Å². The Hall–Kier alpha value is -1.18. The van der Waals surface area contributed by atoms with Crippen LogP contribution in [0.25, 0.3) is 0 Å². The molecule has 0 bridgehead atoms. The van der Waals surface area contributed by atoms with E-state index in [1.165, 1.54) is 18.4 Å². The first-order valence-electron chi connectivity index (χ1n) is 7.15. The summed E-state index contributed by atoms with van der Waals surface area (Å²) in [6.07, 6.45) is 2.76. The summed E-state index contributed by atoms with van der Waals surface area (Å²) in [6.45, 7) is 12.8. The van der Waals surface area contributed by atoms with E-state index in [2.05, 4.69) is 47.6 Å². The molecule has 0 amide bonds. The van der Waals surface area contributed by atoms with E-state index in [4.69, 9.17) is 9.47 Å². The molecule has 0 aliphatic heterocycles. The lowest BCUT2D eigenvalue weighted by molar-refractivity contribution is 0.130. The third kappa shape index (κ3) is 4.15. The van der Waals surface area contributed by atoms with Gasteiger partial charge in [-0.1, -0.05) is 26.8 Å². The molecular formula is C17H26O2. The van der Waals surface area contributed by atoms with E-state index >= 15 is 0 Å². The summed E-state index contributed by atoms with van der Waals surface area (Å²) in [7, 11) is 0. The van der Waals surface area contributed by atoms with Crippen molar-refractivity contribution in [3.05, 3.63) is 23.8 Å². The molecule has 1 saturated carbocycles. The fourth-order valence-electron chi connectivity index (χ4n) is 2.00. The topological polar surface area (TPSA) is 18.5 Å². The highest BCUT2D eigenvalue weighted by Gasteiger charge is 2.27. The SMILES string of the molecule is CC(C)(C)Oc1ccc(C(C)(C)C)c(OC2CC2)c1. The van der Waals surface area contributed by atoms with Crippen LogP contribution >= 0.6 is 0 Å². The normalized spacial score (nSPS) is 16.3. The quantitative estimate of drug-likeness (QED) is 0.786. The molecule has 0 N–H and O–H groups in total. The van der Waals surface area contributed by atoms with E-state index in [9.17, 15) is 0 Å². The van der Waals surface area contributed by atoms with Gasteiger partial charge in [0, 0.05) is 6.07 Å². The summed E-state index contributed by atoms with van der Waals surface area (Å²) < 4.78 is 12.0. The first-order valence-corrected chi connectivity index (χ1v) is 7.15. The summed E-state index contributed by atoms with van der Waals surface area (Å²) in [6, 6.07) is 6.23. The minimum atomic E-state index is -0.180. The van der Waals surface area contributed by atoms with Crippen molar-refractivity contribution in [3.63, 3.8) is 0 Å². The Labute approximate surface area is 117 Å². The zero-order valence-corrected chi connectivity index (χ0v) is 13.0. The van der Waals surface area contributed by atoms with Crippen LogP contribution in [-0.2, 0) is 5.41 Å². The van der Waals surface area contributed by atoms with Crippen LogP contribution in [0.2, 0.25) is 0 Å². The molecule has 1 aromatic carbocycles. The van der Waals surface area contributed by atoms with Gasteiger partial charge in [0.05, 0.1) is 6.10 Å². The summed E-state index contributed by atoms with van der Waals surface area (Å²) in [5, 5.41) is 0. The first kappa shape index (κ1) is 14.2. The lowest BCUT2D eigenvalue weighted by atomic mass is 9.86. The highest BCUT2D eigenvalue weighted by Crippen LogP contribution is 2.38. The van der Waals surface area contributed by atoms with Gasteiger partial charge in [0.1, 0.15) is 17.1 Å². The number of hydrogen-bond acceptors (Lipinski definition) is 2. The maximum Gasteiger partial charge on any atom is 0.127 e. The Kier molecular flexibility index (Phi) is 3.55. The highest BCUT2D eigenvalue weighted by atomic mass is 16.5. The molecule has 1 aromatic rings. The number of hydrogen-bond donors (Lipinski definition) is 0. The van der Waals surface area contributed by atoms with Crippen molar-refractivity contribution >= 4 is 0 Å². The molecular weight excluding hydrogens is 236 g/mol. The Morgan fingerprint density at radius 2 is 1.63 bits per heavy atom. The van der Waals surface area contributed by atoms with Crippen molar-refractivity contribution in [2.45, 2.75) is 71.5 Å². The van der Waals surface area contributed by atoms with Crippen LogP contribution in [0.4, 0.5) is 0 Å². The van der Waals surface area contributed by atoms with E-state index in [-0.39, 0.29) is 11.0 Å². The fourth-order valence-corrected chi connectivity index (χ4v) is 2.00. The van der Waals surface area contributed by atoms with Gasteiger partial charge in [0.2, 0.25) is 0 Å². The number of ether oxygens (including phenoxy) is 2. The van der Waals surface area contributed by atoms with Gasteiger partial charge in [-0.3, -0.25) is 0 Å². The van der Waals surface area contributed by atoms with Gasteiger partial charge in [-0.2, -0.15) is 0 Å². The van der Waals surface area contributed by atoms with Gasteiger partial charge in [-0.25, -0.2) is 0 Å². The van der Waals surface area contributed by atoms with Crippen molar-refractivity contribution in [2.24, 2.45) is 0 Å². The zero-order valence-electron chi connectivity index (χ0n) is 13.0. The van der Waals surface area contributed by atoms with E-state index in [1.54, 1.807) is 0 Å². The maximum atomic E-state index is 6.06. The van der Waals surface area contributed by atoms with Gasteiger partial charge >= 0.3 is 0 Å². The second kappa shape index (κ2) is 4.73. The molecule has 2 heteroatoms. The molecule has 0 spiro atoms. The summed E-state index contributed by atoms with van der Waals surface area (Å²) in [5.74, 6) is 1.87. The van der Waals surface area contributed by atoms with Crippen LogP contribution in [-0.4, -0.2) is 11.7 Å². The minimum Gasteiger partial charge on any atom is -0.490 e. The molecule has 0 atom stereocenters. The summed E-state index contributed by atoms with van der Waals surface area (Å²) in [5.41, 5.74) is 1.16. The second-order valence-electron chi connectivity index (χ2n) is 7.44. The smallest absolute Gasteiger partial charge is 0.127 e. The van der Waals surface area contributed by atoms with Crippen molar-refractivity contribution in [1.82, 2.24) is 0 Å². The molecule has 2 rings (SSSR count). The first-order chi connectivity index (χ1) is 8.65. The van der Waals surface area contributed by atoms with Crippen LogP contribution in [0.5, 0.6) is 11.5 Å². The van der Waals surface area contributed by atoms with Crippen molar-refractivity contribution in [3.8, 4) is 11.5 Å². The van der Waals surface area contributed by atoms with E-state index < -0.39 is 0 Å². The molecule has 0 aromatic heterocycles. The molecule has 0 saturated heterocycles. The van der Waals surface area contributed by atoms with Gasteiger partial charge in [-0.15, -0.1) is 0 Å². The van der Waals surface area contributed by atoms with Crippen molar-refractivity contribution in [2.75, 3.05) is 0 Å². The van der Waals surface area contributed by atoms with E-state index in [0.29, 0.717) is 6.10 Å². The standard InChI is InChI=1S/C17H26O2/c1-16(2,3)14-10-9-13(19-17(4,5)6)11-15(14)18-12-7-8-12/h9-12H,7-8H2,1-6H3. The van der Waals surface area contributed by atoms with Crippen LogP contribution in [0.15, 0.2) is 18.2 Å². The Bertz CT molecular complexity index is 445. The lowest BCUT2D eigenvalue weighted by Crippen LogP contribution is -2.23. The molecule has 2 nitrogen and oxygen atoms in total. The molecule has 0 heterocycles. The fraction of sp³-hybridized carbons (Fsp3) is 0.647. The predicted octanol–water partition coefficient (Wildman–Crippen LogP) is 4.70. The van der Waals surface area contributed by atoms with Crippen LogP contribution in [0.3, 0.4) is 0 Å².